The quantitative estimate of drug-likeness (QED) is 0.510. The highest BCUT2D eigenvalue weighted by Gasteiger charge is 1.80. The van der Waals surface area contributed by atoms with Crippen LogP contribution in [0.25, 0.3) is 0 Å². The van der Waals surface area contributed by atoms with Crippen molar-refractivity contribution < 1.29 is 0 Å². The third-order valence-electron chi connectivity index (χ3n) is 1.34. The highest BCUT2D eigenvalue weighted by Crippen LogP contribution is 2.01. The Labute approximate surface area is 64.0 Å². The van der Waals surface area contributed by atoms with Gasteiger partial charge in [-0.25, -0.2) is 0 Å². The average molecular weight is 136 g/mol. The van der Waals surface area contributed by atoms with Gasteiger partial charge in [0.15, 0.2) is 0 Å². The molecule has 0 nitrogen and oxygen atoms in total. The van der Waals surface area contributed by atoms with Gasteiger partial charge in [-0.05, 0) is 27.7 Å². The molecule has 0 aromatic carbocycles. The molecule has 0 fully saturated rings. The first-order chi connectivity index (χ1) is 4.70. The number of hydrogen-bond acceptors (Lipinski definition) is 0. The van der Waals surface area contributed by atoms with Crippen LogP contribution in [0.3, 0.4) is 0 Å². The van der Waals surface area contributed by atoms with Gasteiger partial charge < -0.3 is 0 Å². The molecule has 56 valence electrons. The Morgan fingerprint density at radius 3 is 2.00 bits per heavy atom. The van der Waals surface area contributed by atoms with Crippen molar-refractivity contribution in [3.8, 4) is 0 Å². The van der Waals surface area contributed by atoms with E-state index in [2.05, 4.69) is 45.1 Å². The van der Waals surface area contributed by atoms with Crippen LogP contribution in [-0.2, 0) is 0 Å². The van der Waals surface area contributed by atoms with Gasteiger partial charge in [0.05, 0.1) is 0 Å². The number of allylic oxidation sites excluding steroid dienone is 6. The van der Waals surface area contributed by atoms with Gasteiger partial charge in [-0.3, -0.25) is 0 Å². The zero-order chi connectivity index (χ0) is 7.98. The maximum Gasteiger partial charge on any atom is -0.0398 e. The van der Waals surface area contributed by atoms with Gasteiger partial charge in [0.1, 0.15) is 0 Å². The summed E-state index contributed by atoms with van der Waals surface area (Å²) in [5.74, 6) is 0. The average Bonchev–Trinajstić information content (AvgIpc) is 1.88. The van der Waals surface area contributed by atoms with Crippen LogP contribution in [0.5, 0.6) is 0 Å². The molecule has 0 saturated carbocycles. The van der Waals surface area contributed by atoms with Gasteiger partial charge in [-0.2, -0.15) is 0 Å². The molecule has 0 unspecified atom stereocenters. The second-order valence-corrected chi connectivity index (χ2v) is 2.42. The van der Waals surface area contributed by atoms with Gasteiger partial charge >= 0.3 is 0 Å². The number of hydrogen-bond donors (Lipinski definition) is 0. The molecule has 0 aliphatic rings. The predicted molar refractivity (Wildman–Crippen MR) is 48.0 cm³/mol. The van der Waals surface area contributed by atoms with Gasteiger partial charge in [0, 0.05) is 0 Å². The van der Waals surface area contributed by atoms with E-state index in [1.807, 2.05) is 6.92 Å². The highest BCUT2D eigenvalue weighted by atomic mass is 13.9. The van der Waals surface area contributed by atoms with Crippen molar-refractivity contribution in [3.05, 3.63) is 35.5 Å². The second kappa shape index (κ2) is 5.04. The molecular weight excluding hydrogens is 120 g/mol. The van der Waals surface area contributed by atoms with E-state index in [9.17, 15) is 0 Å². The summed E-state index contributed by atoms with van der Waals surface area (Å²) in [5, 5.41) is 0. The molecule has 10 heavy (non-hydrogen) atoms. The maximum atomic E-state index is 2.17. The van der Waals surface area contributed by atoms with Crippen molar-refractivity contribution in [1.82, 2.24) is 0 Å². The minimum absolute atomic E-state index is 1.30. The molecule has 0 N–H and O–H groups in total. The van der Waals surface area contributed by atoms with Crippen LogP contribution in [-0.4, -0.2) is 0 Å². The fourth-order valence-corrected chi connectivity index (χ4v) is 0.753. The Morgan fingerprint density at radius 1 is 1.00 bits per heavy atom. The molecule has 0 aromatic rings. The van der Waals surface area contributed by atoms with Crippen LogP contribution in [0.1, 0.15) is 27.7 Å². The lowest BCUT2D eigenvalue weighted by Crippen LogP contribution is -1.70. The molecule has 0 heterocycles. The molecule has 0 bridgehead atoms. The monoisotopic (exact) mass is 136 g/mol. The van der Waals surface area contributed by atoms with Crippen LogP contribution in [0, 0.1) is 0 Å². The molecule has 0 radical (unpaired) electrons. The van der Waals surface area contributed by atoms with Gasteiger partial charge in [-0.15, -0.1) is 0 Å². The Balaban J connectivity index is 4.16. The van der Waals surface area contributed by atoms with Crippen LogP contribution < -0.4 is 0 Å². The van der Waals surface area contributed by atoms with Crippen molar-refractivity contribution in [1.29, 1.82) is 0 Å². The third kappa shape index (κ3) is 4.13. The molecule has 0 spiro atoms. The normalized spacial score (nSPS) is 14.8. The van der Waals surface area contributed by atoms with E-state index in [1.165, 1.54) is 11.1 Å². The van der Waals surface area contributed by atoms with Crippen molar-refractivity contribution in [2.45, 2.75) is 27.7 Å². The summed E-state index contributed by atoms with van der Waals surface area (Å²) in [4.78, 5) is 0. The molecule has 0 saturated heterocycles. The zero-order valence-corrected chi connectivity index (χ0v) is 7.31. The van der Waals surface area contributed by atoms with Gasteiger partial charge in [0.2, 0.25) is 0 Å². The summed E-state index contributed by atoms with van der Waals surface area (Å²) in [6.07, 6.45) is 8.43. The standard InChI is InChI=1S/C10H16/c1-5-7-10(4)8-9(3)6-2/h5-8H,1-4H3/b7-5+,9-6-,10-8-. The molecule has 0 atom stereocenters. The minimum Gasteiger partial charge on any atom is -0.0874 e. The fourth-order valence-electron chi connectivity index (χ4n) is 0.753. The first-order valence-corrected chi connectivity index (χ1v) is 3.64. The van der Waals surface area contributed by atoms with Crippen LogP contribution in [0.4, 0.5) is 0 Å². The lowest BCUT2D eigenvalue weighted by molar-refractivity contribution is 1.41. The summed E-state index contributed by atoms with van der Waals surface area (Å²) in [7, 11) is 0. The second-order valence-electron chi connectivity index (χ2n) is 2.42. The van der Waals surface area contributed by atoms with E-state index in [0.717, 1.165) is 0 Å². The predicted octanol–water partition coefficient (Wildman–Crippen LogP) is 3.48. The molecular formula is C10H16. The topological polar surface area (TPSA) is 0 Å². The van der Waals surface area contributed by atoms with Crippen LogP contribution >= 0.6 is 0 Å². The largest absolute Gasteiger partial charge is 0.0874 e. The van der Waals surface area contributed by atoms with Crippen molar-refractivity contribution in [2.24, 2.45) is 0 Å². The Morgan fingerprint density at radius 2 is 1.60 bits per heavy atom. The van der Waals surface area contributed by atoms with E-state index in [4.69, 9.17) is 0 Å². The highest BCUT2D eigenvalue weighted by molar-refractivity contribution is 5.26. The maximum absolute atomic E-state index is 2.17. The molecule has 0 aliphatic carbocycles. The summed E-state index contributed by atoms with van der Waals surface area (Å²) >= 11 is 0. The number of rotatable bonds is 2. The molecule has 0 aromatic heterocycles. The zero-order valence-electron chi connectivity index (χ0n) is 7.31. The Hall–Kier alpha value is -0.780. The van der Waals surface area contributed by atoms with Crippen LogP contribution in [0.15, 0.2) is 35.5 Å². The first-order valence-electron chi connectivity index (χ1n) is 3.64. The van der Waals surface area contributed by atoms with Gasteiger partial charge in [-0.1, -0.05) is 35.5 Å². The molecule has 0 rings (SSSR count). The molecule has 0 heteroatoms. The van der Waals surface area contributed by atoms with E-state index < -0.39 is 0 Å². The van der Waals surface area contributed by atoms with Crippen LogP contribution in [0.2, 0.25) is 0 Å². The fraction of sp³-hybridized carbons (Fsp3) is 0.400. The van der Waals surface area contributed by atoms with E-state index in [1.54, 1.807) is 0 Å². The minimum atomic E-state index is 1.30. The van der Waals surface area contributed by atoms with Crippen molar-refractivity contribution in [2.75, 3.05) is 0 Å². The smallest absolute Gasteiger partial charge is 0.0398 e. The Bertz CT molecular complexity index is 168. The molecule has 0 aliphatic heterocycles. The van der Waals surface area contributed by atoms with E-state index in [0.29, 0.717) is 0 Å². The third-order valence-corrected chi connectivity index (χ3v) is 1.34. The summed E-state index contributed by atoms with van der Waals surface area (Å²) < 4.78 is 0. The summed E-state index contributed by atoms with van der Waals surface area (Å²) in [5.41, 5.74) is 2.62. The van der Waals surface area contributed by atoms with E-state index >= 15 is 0 Å². The lowest BCUT2D eigenvalue weighted by Gasteiger charge is -1.91. The molecule has 0 amide bonds. The summed E-state index contributed by atoms with van der Waals surface area (Å²) in [6.45, 7) is 8.29. The lowest BCUT2D eigenvalue weighted by atomic mass is 10.2. The summed E-state index contributed by atoms with van der Waals surface area (Å²) in [6, 6.07) is 0. The van der Waals surface area contributed by atoms with Crippen molar-refractivity contribution >= 4 is 0 Å². The van der Waals surface area contributed by atoms with Gasteiger partial charge in [0.25, 0.3) is 0 Å². The SMILES string of the molecule is C\C=C(C)/C=C(C)\C=C\C. The van der Waals surface area contributed by atoms with Crippen molar-refractivity contribution in [3.63, 3.8) is 0 Å². The Kier molecular flexibility index (Phi) is 4.65. The van der Waals surface area contributed by atoms with E-state index in [-0.39, 0.29) is 0 Å². The first kappa shape index (κ1) is 9.22.